The summed E-state index contributed by atoms with van der Waals surface area (Å²) in [5.74, 6) is 0. The third-order valence-corrected chi connectivity index (χ3v) is 3.44. The second-order valence-corrected chi connectivity index (χ2v) is 5.52. The lowest BCUT2D eigenvalue weighted by Gasteiger charge is -2.02. The van der Waals surface area contributed by atoms with E-state index in [1.165, 1.54) is 12.1 Å². The molecule has 0 unspecified atom stereocenters. The molecule has 0 fully saturated rings. The SMILES string of the molecule is NS(=O)(=O)c1ccc(NC=Cc2ccccc2)cc1. The molecule has 0 spiro atoms. The van der Waals surface area contributed by atoms with E-state index in [-0.39, 0.29) is 4.90 Å². The monoisotopic (exact) mass is 274 g/mol. The highest BCUT2D eigenvalue weighted by atomic mass is 32.2. The second-order valence-electron chi connectivity index (χ2n) is 3.96. The quantitative estimate of drug-likeness (QED) is 0.899. The number of nitrogens with two attached hydrogens (primary N) is 1. The first-order chi connectivity index (χ1) is 9.05. The van der Waals surface area contributed by atoms with Crippen LogP contribution in [-0.4, -0.2) is 8.42 Å². The molecule has 0 saturated heterocycles. The molecule has 4 nitrogen and oxygen atoms in total. The Bertz CT molecular complexity index is 662. The van der Waals surface area contributed by atoms with Crippen LogP contribution in [0.3, 0.4) is 0 Å². The summed E-state index contributed by atoms with van der Waals surface area (Å²) in [6, 6.07) is 16.1. The molecule has 98 valence electrons. The summed E-state index contributed by atoms with van der Waals surface area (Å²) in [6.45, 7) is 0. The van der Waals surface area contributed by atoms with E-state index in [4.69, 9.17) is 5.14 Å². The minimum atomic E-state index is -3.63. The topological polar surface area (TPSA) is 72.2 Å². The van der Waals surface area contributed by atoms with Crippen LogP contribution in [0.2, 0.25) is 0 Å². The van der Waals surface area contributed by atoms with Gasteiger partial charge < -0.3 is 5.32 Å². The Morgan fingerprint density at radius 1 is 0.947 bits per heavy atom. The van der Waals surface area contributed by atoms with Gasteiger partial charge in [0.05, 0.1) is 4.90 Å². The van der Waals surface area contributed by atoms with E-state index in [1.807, 2.05) is 36.4 Å². The van der Waals surface area contributed by atoms with Crippen molar-refractivity contribution in [1.82, 2.24) is 0 Å². The van der Waals surface area contributed by atoms with Crippen LogP contribution in [-0.2, 0) is 10.0 Å². The molecule has 2 aromatic carbocycles. The molecule has 0 aliphatic heterocycles. The zero-order valence-corrected chi connectivity index (χ0v) is 11.0. The Morgan fingerprint density at radius 3 is 2.16 bits per heavy atom. The summed E-state index contributed by atoms with van der Waals surface area (Å²) in [4.78, 5) is 0.102. The van der Waals surface area contributed by atoms with Gasteiger partial charge in [-0.05, 0) is 35.9 Å². The Morgan fingerprint density at radius 2 is 1.58 bits per heavy atom. The van der Waals surface area contributed by atoms with Crippen LogP contribution < -0.4 is 10.5 Å². The van der Waals surface area contributed by atoms with Gasteiger partial charge in [-0.3, -0.25) is 0 Å². The maximum Gasteiger partial charge on any atom is 0.238 e. The van der Waals surface area contributed by atoms with Crippen LogP contribution >= 0.6 is 0 Å². The second kappa shape index (κ2) is 5.69. The van der Waals surface area contributed by atoms with E-state index in [0.717, 1.165) is 11.3 Å². The van der Waals surface area contributed by atoms with Crippen molar-refractivity contribution in [3.63, 3.8) is 0 Å². The molecule has 0 aromatic heterocycles. The van der Waals surface area contributed by atoms with Crippen LogP contribution in [0.25, 0.3) is 6.08 Å². The van der Waals surface area contributed by atoms with Crippen LogP contribution in [0.5, 0.6) is 0 Å². The summed E-state index contributed by atoms with van der Waals surface area (Å²) in [5, 5.41) is 8.08. The minimum absolute atomic E-state index is 0.102. The van der Waals surface area contributed by atoms with Crippen molar-refractivity contribution in [2.45, 2.75) is 4.90 Å². The zero-order chi connectivity index (χ0) is 13.7. The van der Waals surface area contributed by atoms with Gasteiger partial charge in [0.2, 0.25) is 10.0 Å². The van der Waals surface area contributed by atoms with E-state index in [0.29, 0.717) is 0 Å². The minimum Gasteiger partial charge on any atom is -0.362 e. The Hall–Kier alpha value is -2.11. The number of anilines is 1. The number of nitrogens with one attached hydrogen (secondary N) is 1. The number of primary sulfonamides is 1. The summed E-state index contributed by atoms with van der Waals surface area (Å²) in [6.07, 6.45) is 3.72. The van der Waals surface area contributed by atoms with Crippen molar-refractivity contribution in [2.75, 3.05) is 5.32 Å². The lowest BCUT2D eigenvalue weighted by atomic mass is 10.2. The normalized spacial score (nSPS) is 11.6. The Balaban J connectivity index is 2.03. The molecule has 0 saturated carbocycles. The summed E-state index contributed by atoms with van der Waals surface area (Å²) in [5.41, 5.74) is 1.87. The molecule has 0 amide bonds. The molecule has 0 aliphatic rings. The van der Waals surface area contributed by atoms with E-state index in [1.54, 1.807) is 18.3 Å². The maximum absolute atomic E-state index is 11.1. The van der Waals surface area contributed by atoms with Gasteiger partial charge in [-0.2, -0.15) is 0 Å². The number of hydrogen-bond acceptors (Lipinski definition) is 3. The highest BCUT2D eigenvalue weighted by Gasteiger charge is 2.05. The molecule has 0 bridgehead atoms. The van der Waals surface area contributed by atoms with Gasteiger partial charge in [0.15, 0.2) is 0 Å². The first-order valence-corrected chi connectivity index (χ1v) is 7.21. The van der Waals surface area contributed by atoms with Crippen LogP contribution in [0.15, 0.2) is 65.7 Å². The lowest BCUT2D eigenvalue weighted by molar-refractivity contribution is 0.598. The van der Waals surface area contributed by atoms with Crippen LogP contribution in [0, 0.1) is 0 Å². The smallest absolute Gasteiger partial charge is 0.238 e. The highest BCUT2D eigenvalue weighted by Crippen LogP contribution is 2.13. The van der Waals surface area contributed by atoms with Crippen molar-refractivity contribution < 1.29 is 8.42 Å². The maximum atomic E-state index is 11.1. The van der Waals surface area contributed by atoms with Crippen molar-refractivity contribution in [3.8, 4) is 0 Å². The zero-order valence-electron chi connectivity index (χ0n) is 10.2. The molecular formula is C14H14N2O2S. The van der Waals surface area contributed by atoms with Crippen LogP contribution in [0.1, 0.15) is 5.56 Å². The van der Waals surface area contributed by atoms with Crippen molar-refractivity contribution in [1.29, 1.82) is 0 Å². The molecule has 0 radical (unpaired) electrons. The number of rotatable bonds is 4. The molecule has 19 heavy (non-hydrogen) atoms. The molecule has 2 aromatic rings. The van der Waals surface area contributed by atoms with Gasteiger partial charge in [0, 0.05) is 11.9 Å². The molecule has 2 rings (SSSR count). The first-order valence-electron chi connectivity index (χ1n) is 5.67. The lowest BCUT2D eigenvalue weighted by Crippen LogP contribution is -2.11. The predicted octanol–water partition coefficient (Wildman–Crippen LogP) is 2.42. The third kappa shape index (κ3) is 3.94. The fourth-order valence-corrected chi connectivity index (χ4v) is 2.05. The summed E-state index contributed by atoms with van der Waals surface area (Å²) in [7, 11) is -3.63. The fourth-order valence-electron chi connectivity index (χ4n) is 1.54. The molecule has 3 N–H and O–H groups in total. The van der Waals surface area contributed by atoms with E-state index >= 15 is 0 Å². The van der Waals surface area contributed by atoms with E-state index < -0.39 is 10.0 Å². The van der Waals surface area contributed by atoms with Gasteiger partial charge in [0.1, 0.15) is 0 Å². The third-order valence-electron chi connectivity index (χ3n) is 2.51. The highest BCUT2D eigenvalue weighted by molar-refractivity contribution is 7.89. The number of sulfonamides is 1. The van der Waals surface area contributed by atoms with Gasteiger partial charge in [-0.15, -0.1) is 0 Å². The van der Waals surface area contributed by atoms with Crippen molar-refractivity contribution in [2.24, 2.45) is 5.14 Å². The van der Waals surface area contributed by atoms with Crippen molar-refractivity contribution in [3.05, 3.63) is 66.4 Å². The molecule has 0 atom stereocenters. The largest absolute Gasteiger partial charge is 0.362 e. The standard InChI is InChI=1S/C14H14N2O2S/c15-19(17,18)14-8-6-13(7-9-14)16-11-10-12-4-2-1-3-5-12/h1-11,16H,(H2,15,17,18). The van der Waals surface area contributed by atoms with Gasteiger partial charge >= 0.3 is 0 Å². The van der Waals surface area contributed by atoms with Gasteiger partial charge in [-0.25, -0.2) is 13.6 Å². The molecule has 0 aliphatic carbocycles. The van der Waals surface area contributed by atoms with E-state index in [2.05, 4.69) is 5.32 Å². The van der Waals surface area contributed by atoms with Crippen molar-refractivity contribution >= 4 is 21.8 Å². The average molecular weight is 274 g/mol. The molecular weight excluding hydrogens is 260 g/mol. The summed E-state index contributed by atoms with van der Waals surface area (Å²) >= 11 is 0. The Kier molecular flexibility index (Phi) is 3.99. The summed E-state index contributed by atoms with van der Waals surface area (Å²) < 4.78 is 22.2. The Labute approximate surface area is 112 Å². The van der Waals surface area contributed by atoms with E-state index in [9.17, 15) is 8.42 Å². The van der Waals surface area contributed by atoms with Gasteiger partial charge in [-0.1, -0.05) is 30.3 Å². The average Bonchev–Trinajstić information content (AvgIpc) is 2.39. The van der Waals surface area contributed by atoms with Gasteiger partial charge in [0.25, 0.3) is 0 Å². The fraction of sp³-hybridized carbons (Fsp3) is 0. The predicted molar refractivity (Wildman–Crippen MR) is 76.9 cm³/mol. The molecule has 5 heteroatoms. The first kappa shape index (κ1) is 13.3. The number of benzene rings is 2. The number of hydrogen-bond donors (Lipinski definition) is 2. The van der Waals surface area contributed by atoms with Crippen LogP contribution in [0.4, 0.5) is 5.69 Å². The molecule has 0 heterocycles.